The van der Waals surface area contributed by atoms with Crippen molar-refractivity contribution in [2.45, 2.75) is 50.9 Å². The van der Waals surface area contributed by atoms with E-state index in [0.717, 1.165) is 36.9 Å². The molecule has 1 amide bonds. The molecule has 1 aliphatic carbocycles. The van der Waals surface area contributed by atoms with Crippen molar-refractivity contribution >= 4 is 34.7 Å². The molecule has 1 fully saturated rings. The number of carbonyl (C=O) groups excluding carboxylic acids is 1. The summed E-state index contributed by atoms with van der Waals surface area (Å²) in [6.45, 7) is 6.13. The highest BCUT2D eigenvalue weighted by Gasteiger charge is 2.35. The van der Waals surface area contributed by atoms with E-state index in [9.17, 15) is 4.79 Å². The van der Waals surface area contributed by atoms with E-state index in [1.807, 2.05) is 25.3 Å². The number of aliphatic imine (C=N–C) groups is 1. The van der Waals surface area contributed by atoms with Gasteiger partial charge in [-0.1, -0.05) is 56.5 Å². The standard InChI is InChI=1S/C23H28ClN5OS/c1-3-5-13-26-20(25)22-29-17(4-2)19(31-22)21(30)28-15-23(11-7-6-8-12-23)16-9-10-18(24)27-14-16/h3,5,9-10,13-14H,1,4,6-8,11-12,15H2,2H3,(H2,25,26)(H,28,30)/b13-5-. The van der Waals surface area contributed by atoms with Crippen LogP contribution in [0.2, 0.25) is 5.15 Å². The van der Waals surface area contributed by atoms with Gasteiger partial charge in [0, 0.05) is 24.4 Å². The van der Waals surface area contributed by atoms with E-state index in [1.54, 1.807) is 18.4 Å². The zero-order valence-corrected chi connectivity index (χ0v) is 19.3. The maximum atomic E-state index is 13.1. The second-order valence-electron chi connectivity index (χ2n) is 7.63. The Hall–Kier alpha value is -2.51. The van der Waals surface area contributed by atoms with E-state index in [2.05, 4.69) is 26.9 Å². The van der Waals surface area contributed by atoms with Crippen LogP contribution in [0, 0.1) is 0 Å². The average Bonchev–Trinajstić information content (AvgIpc) is 3.23. The summed E-state index contributed by atoms with van der Waals surface area (Å²) in [5.74, 6) is 0.162. The lowest BCUT2D eigenvalue weighted by Gasteiger charge is -2.37. The number of aryl methyl sites for hydroxylation is 1. The molecule has 2 aromatic rings. The number of nitrogens with zero attached hydrogens (tertiary/aromatic N) is 3. The molecular formula is C23H28ClN5OS. The third-order valence-electron chi connectivity index (χ3n) is 5.63. The van der Waals surface area contributed by atoms with Gasteiger partial charge >= 0.3 is 0 Å². The molecular weight excluding hydrogens is 430 g/mol. The minimum atomic E-state index is -0.124. The number of amidine groups is 1. The van der Waals surface area contributed by atoms with E-state index in [4.69, 9.17) is 17.3 Å². The number of nitrogens with two attached hydrogens (primary N) is 1. The fourth-order valence-corrected chi connectivity index (χ4v) is 5.02. The Bertz CT molecular complexity index is 974. The van der Waals surface area contributed by atoms with E-state index in [1.165, 1.54) is 17.8 Å². The molecule has 6 nitrogen and oxygen atoms in total. The van der Waals surface area contributed by atoms with Crippen LogP contribution in [0.4, 0.5) is 0 Å². The fraction of sp³-hybridized carbons (Fsp3) is 0.391. The number of halogens is 1. The van der Waals surface area contributed by atoms with Crippen LogP contribution in [0.3, 0.4) is 0 Å². The van der Waals surface area contributed by atoms with Crippen LogP contribution < -0.4 is 11.1 Å². The van der Waals surface area contributed by atoms with Gasteiger partial charge in [0.1, 0.15) is 10.0 Å². The quantitative estimate of drug-likeness (QED) is 0.258. The molecule has 0 aliphatic heterocycles. The lowest BCUT2D eigenvalue weighted by atomic mass is 9.70. The van der Waals surface area contributed by atoms with Crippen LogP contribution in [0.5, 0.6) is 0 Å². The number of rotatable bonds is 8. The predicted molar refractivity (Wildman–Crippen MR) is 128 cm³/mol. The molecule has 0 aromatic carbocycles. The van der Waals surface area contributed by atoms with Crippen molar-refractivity contribution in [3.05, 3.63) is 69.6 Å². The van der Waals surface area contributed by atoms with Crippen LogP contribution in [0.1, 0.15) is 65.0 Å². The number of amides is 1. The van der Waals surface area contributed by atoms with E-state index in [0.29, 0.717) is 28.0 Å². The Morgan fingerprint density at radius 3 is 2.81 bits per heavy atom. The topological polar surface area (TPSA) is 93.3 Å². The normalized spacial score (nSPS) is 16.4. The molecule has 0 atom stereocenters. The van der Waals surface area contributed by atoms with E-state index < -0.39 is 0 Å². The van der Waals surface area contributed by atoms with Crippen molar-refractivity contribution in [3.8, 4) is 0 Å². The van der Waals surface area contributed by atoms with Gasteiger partial charge in [-0.25, -0.2) is 15.0 Å². The average molecular weight is 458 g/mol. The van der Waals surface area contributed by atoms with Crippen molar-refractivity contribution in [1.82, 2.24) is 15.3 Å². The largest absolute Gasteiger partial charge is 0.381 e. The first-order valence-corrected chi connectivity index (χ1v) is 11.7. The number of pyridine rings is 1. The third kappa shape index (κ3) is 5.60. The molecule has 3 N–H and O–H groups in total. The Morgan fingerprint density at radius 2 is 2.16 bits per heavy atom. The Labute approximate surface area is 192 Å². The van der Waals surface area contributed by atoms with Gasteiger partial charge in [-0.3, -0.25) is 4.79 Å². The van der Waals surface area contributed by atoms with Gasteiger partial charge < -0.3 is 11.1 Å². The summed E-state index contributed by atoms with van der Waals surface area (Å²) >= 11 is 7.26. The number of carbonyl (C=O) groups is 1. The summed E-state index contributed by atoms with van der Waals surface area (Å²) in [5.41, 5.74) is 7.77. The first kappa shape index (κ1) is 23.2. The van der Waals surface area contributed by atoms with Crippen LogP contribution in [0.25, 0.3) is 0 Å². The van der Waals surface area contributed by atoms with E-state index in [-0.39, 0.29) is 17.2 Å². The Balaban J connectivity index is 1.79. The molecule has 0 radical (unpaired) electrons. The van der Waals surface area contributed by atoms with Crippen LogP contribution in [0.15, 0.2) is 48.3 Å². The molecule has 8 heteroatoms. The molecule has 1 aliphatic rings. The number of hydrogen-bond donors (Lipinski definition) is 2. The van der Waals surface area contributed by atoms with E-state index >= 15 is 0 Å². The zero-order valence-electron chi connectivity index (χ0n) is 17.7. The van der Waals surface area contributed by atoms with Crippen molar-refractivity contribution in [2.24, 2.45) is 10.7 Å². The third-order valence-corrected chi connectivity index (χ3v) is 6.97. The smallest absolute Gasteiger partial charge is 0.263 e. The van der Waals surface area contributed by atoms with Gasteiger partial charge in [-0.15, -0.1) is 11.3 Å². The van der Waals surface area contributed by atoms with Crippen LogP contribution in [-0.4, -0.2) is 28.3 Å². The maximum Gasteiger partial charge on any atom is 0.263 e. The number of aromatic nitrogens is 2. The molecule has 2 aromatic heterocycles. The predicted octanol–water partition coefficient (Wildman–Crippen LogP) is 4.79. The Morgan fingerprint density at radius 1 is 1.39 bits per heavy atom. The summed E-state index contributed by atoms with van der Waals surface area (Å²) in [7, 11) is 0. The Kier molecular flexibility index (Phi) is 7.98. The van der Waals surface area contributed by atoms with Gasteiger partial charge in [0.2, 0.25) is 0 Å². The maximum absolute atomic E-state index is 13.1. The van der Waals surface area contributed by atoms with Crippen LogP contribution >= 0.6 is 22.9 Å². The first-order valence-electron chi connectivity index (χ1n) is 10.5. The number of nitrogens with one attached hydrogen (secondary N) is 1. The molecule has 0 spiro atoms. The first-order chi connectivity index (χ1) is 15.0. The van der Waals surface area contributed by atoms with Gasteiger partial charge in [0.05, 0.1) is 5.69 Å². The summed E-state index contributed by atoms with van der Waals surface area (Å²) in [6.07, 6.45) is 12.9. The minimum Gasteiger partial charge on any atom is -0.381 e. The lowest BCUT2D eigenvalue weighted by Crippen LogP contribution is -2.42. The van der Waals surface area contributed by atoms with Gasteiger partial charge in [-0.2, -0.15) is 0 Å². The van der Waals surface area contributed by atoms with Gasteiger partial charge in [0.15, 0.2) is 10.8 Å². The summed E-state index contributed by atoms with van der Waals surface area (Å²) in [4.78, 5) is 26.6. The van der Waals surface area contributed by atoms with Crippen molar-refractivity contribution in [2.75, 3.05) is 6.54 Å². The van der Waals surface area contributed by atoms with Crippen molar-refractivity contribution in [1.29, 1.82) is 0 Å². The number of hydrogen-bond acceptors (Lipinski definition) is 5. The highest BCUT2D eigenvalue weighted by atomic mass is 35.5. The molecule has 31 heavy (non-hydrogen) atoms. The van der Waals surface area contributed by atoms with Gasteiger partial charge in [-0.05, 0) is 37.0 Å². The molecule has 2 heterocycles. The second-order valence-corrected chi connectivity index (χ2v) is 9.02. The molecule has 3 rings (SSSR count). The number of thiazole rings is 1. The molecule has 0 unspecified atom stereocenters. The minimum absolute atomic E-state index is 0.123. The summed E-state index contributed by atoms with van der Waals surface area (Å²) in [6, 6.07) is 3.85. The molecule has 0 bridgehead atoms. The second kappa shape index (κ2) is 10.7. The zero-order chi connectivity index (χ0) is 22.3. The molecule has 1 saturated carbocycles. The lowest BCUT2D eigenvalue weighted by molar-refractivity contribution is 0.0939. The number of allylic oxidation sites excluding steroid dienone is 2. The highest BCUT2D eigenvalue weighted by Crippen LogP contribution is 2.39. The summed E-state index contributed by atoms with van der Waals surface area (Å²) in [5, 5.41) is 4.19. The molecule has 0 saturated heterocycles. The van der Waals surface area contributed by atoms with Crippen molar-refractivity contribution in [3.63, 3.8) is 0 Å². The molecule has 164 valence electrons. The fourth-order valence-electron chi connectivity index (χ4n) is 3.93. The summed E-state index contributed by atoms with van der Waals surface area (Å²) < 4.78 is 0. The van der Waals surface area contributed by atoms with Gasteiger partial charge in [0.25, 0.3) is 5.91 Å². The monoisotopic (exact) mass is 457 g/mol. The highest BCUT2D eigenvalue weighted by molar-refractivity contribution is 7.15. The van der Waals surface area contributed by atoms with Crippen molar-refractivity contribution < 1.29 is 4.79 Å². The van der Waals surface area contributed by atoms with Crippen LogP contribution in [-0.2, 0) is 11.8 Å². The SMILES string of the molecule is C=C/C=C\N=C(/N)c1nc(CC)c(C(=O)NCC2(c3ccc(Cl)nc3)CCCCC2)s1.